The van der Waals surface area contributed by atoms with E-state index in [1.54, 1.807) is 31.2 Å². The molecule has 7 nitrogen and oxygen atoms in total. The number of sulfonamides is 1. The summed E-state index contributed by atoms with van der Waals surface area (Å²) in [5.41, 5.74) is 0.545. The summed E-state index contributed by atoms with van der Waals surface area (Å²) < 4.78 is 37.0. The number of nitrogens with zero attached hydrogens (tertiary/aromatic N) is 1. The van der Waals surface area contributed by atoms with Crippen LogP contribution in [-0.4, -0.2) is 45.4 Å². The molecule has 2 rings (SSSR count). The molecule has 0 aliphatic heterocycles. The maximum atomic E-state index is 12.7. The molecule has 0 saturated heterocycles. The summed E-state index contributed by atoms with van der Waals surface area (Å²) in [5, 5.41) is 2.85. The van der Waals surface area contributed by atoms with Crippen molar-refractivity contribution >= 4 is 33.2 Å². The number of halogens is 1. The first kappa shape index (κ1) is 22.0. The van der Waals surface area contributed by atoms with E-state index in [1.165, 1.54) is 25.2 Å². The molecular weight excluding hydrogens is 404 g/mol. The van der Waals surface area contributed by atoms with Gasteiger partial charge in [0.1, 0.15) is 11.5 Å². The molecule has 1 amide bonds. The Labute approximate surface area is 170 Å². The van der Waals surface area contributed by atoms with Crippen molar-refractivity contribution in [2.24, 2.45) is 0 Å². The van der Waals surface area contributed by atoms with Crippen LogP contribution in [-0.2, 0) is 14.8 Å². The highest BCUT2D eigenvalue weighted by Crippen LogP contribution is 2.28. The summed E-state index contributed by atoms with van der Waals surface area (Å²) in [5.74, 6) is 0.624. The van der Waals surface area contributed by atoms with Gasteiger partial charge in [0.05, 0.1) is 29.7 Å². The summed E-state index contributed by atoms with van der Waals surface area (Å²) >= 11 is 6.07. The zero-order valence-electron chi connectivity index (χ0n) is 15.9. The molecule has 0 spiro atoms. The van der Waals surface area contributed by atoms with Gasteiger partial charge >= 0.3 is 0 Å². The van der Waals surface area contributed by atoms with Crippen LogP contribution in [0.1, 0.15) is 13.8 Å². The van der Waals surface area contributed by atoms with Gasteiger partial charge in [-0.15, -0.1) is 0 Å². The number of amides is 1. The predicted molar refractivity (Wildman–Crippen MR) is 109 cm³/mol. The molecule has 0 aliphatic carbocycles. The van der Waals surface area contributed by atoms with E-state index in [4.69, 9.17) is 21.1 Å². The van der Waals surface area contributed by atoms with Gasteiger partial charge in [0, 0.05) is 12.7 Å². The van der Waals surface area contributed by atoms with E-state index in [0.29, 0.717) is 30.4 Å². The van der Waals surface area contributed by atoms with Crippen LogP contribution >= 0.6 is 11.6 Å². The number of hydrogen-bond acceptors (Lipinski definition) is 5. The van der Waals surface area contributed by atoms with E-state index >= 15 is 0 Å². The lowest BCUT2D eigenvalue weighted by Crippen LogP contribution is -2.35. The third kappa shape index (κ3) is 5.60. The second-order valence-electron chi connectivity index (χ2n) is 5.79. The Morgan fingerprint density at radius 2 is 1.71 bits per heavy atom. The van der Waals surface area contributed by atoms with Gasteiger partial charge in [-0.25, -0.2) is 8.42 Å². The molecule has 0 aromatic heterocycles. The Kier molecular flexibility index (Phi) is 7.68. The molecule has 152 valence electrons. The molecule has 2 aromatic carbocycles. The third-order valence-corrected chi connectivity index (χ3v) is 5.82. The first-order valence-corrected chi connectivity index (χ1v) is 10.5. The standard InChI is InChI=1S/C19H23ClN2O5S/c1-4-26-15-8-6-14(7-9-15)21-19(23)13-22(3)28(24,25)16-10-11-18(27-5-2)17(20)12-16/h6-12H,4-5,13H2,1-3H3,(H,21,23). The minimum Gasteiger partial charge on any atom is -0.494 e. The average molecular weight is 427 g/mol. The zero-order valence-corrected chi connectivity index (χ0v) is 17.5. The fourth-order valence-electron chi connectivity index (χ4n) is 2.38. The number of nitrogens with one attached hydrogen (secondary N) is 1. The molecule has 0 unspecified atom stereocenters. The van der Waals surface area contributed by atoms with E-state index in [9.17, 15) is 13.2 Å². The summed E-state index contributed by atoms with van der Waals surface area (Å²) in [6.07, 6.45) is 0. The normalized spacial score (nSPS) is 11.3. The molecule has 0 bridgehead atoms. The number of anilines is 1. The second kappa shape index (κ2) is 9.77. The molecule has 0 aliphatic rings. The molecule has 28 heavy (non-hydrogen) atoms. The maximum absolute atomic E-state index is 12.7. The highest BCUT2D eigenvalue weighted by atomic mass is 35.5. The van der Waals surface area contributed by atoms with Gasteiger partial charge in [-0.05, 0) is 56.3 Å². The molecule has 0 fully saturated rings. The minimum absolute atomic E-state index is 0.0164. The van der Waals surface area contributed by atoms with Crippen molar-refractivity contribution in [1.29, 1.82) is 0 Å². The van der Waals surface area contributed by atoms with Crippen LogP contribution in [0.15, 0.2) is 47.4 Å². The molecule has 0 saturated carbocycles. The average Bonchev–Trinajstić information content (AvgIpc) is 2.65. The first-order chi connectivity index (χ1) is 13.3. The fraction of sp³-hybridized carbons (Fsp3) is 0.316. The van der Waals surface area contributed by atoms with Crippen LogP contribution in [0, 0.1) is 0 Å². The molecule has 0 radical (unpaired) electrons. The van der Waals surface area contributed by atoms with Gasteiger partial charge in [0.15, 0.2) is 0 Å². The Bertz CT molecular complexity index is 916. The molecular formula is C19H23ClN2O5S. The van der Waals surface area contributed by atoms with E-state index < -0.39 is 15.9 Å². The summed E-state index contributed by atoms with van der Waals surface area (Å²) in [6.45, 7) is 4.29. The van der Waals surface area contributed by atoms with E-state index in [2.05, 4.69) is 5.32 Å². The van der Waals surface area contributed by atoms with Crippen molar-refractivity contribution < 1.29 is 22.7 Å². The molecule has 9 heteroatoms. The first-order valence-electron chi connectivity index (χ1n) is 8.69. The predicted octanol–water partition coefficient (Wildman–Crippen LogP) is 3.40. The monoisotopic (exact) mass is 426 g/mol. The van der Waals surface area contributed by atoms with Crippen molar-refractivity contribution in [3.63, 3.8) is 0 Å². The smallest absolute Gasteiger partial charge is 0.243 e. The van der Waals surface area contributed by atoms with Crippen molar-refractivity contribution in [1.82, 2.24) is 4.31 Å². The van der Waals surface area contributed by atoms with E-state index in [1.807, 2.05) is 6.92 Å². The Balaban J connectivity index is 2.04. The Morgan fingerprint density at radius 3 is 2.29 bits per heavy atom. The van der Waals surface area contributed by atoms with Gasteiger partial charge in [-0.3, -0.25) is 4.79 Å². The van der Waals surface area contributed by atoms with Crippen LogP contribution in [0.25, 0.3) is 0 Å². The van der Waals surface area contributed by atoms with Crippen LogP contribution < -0.4 is 14.8 Å². The number of rotatable bonds is 9. The molecule has 0 atom stereocenters. The second-order valence-corrected chi connectivity index (χ2v) is 8.24. The van der Waals surface area contributed by atoms with Crippen molar-refractivity contribution in [2.45, 2.75) is 18.7 Å². The number of hydrogen-bond donors (Lipinski definition) is 1. The third-order valence-electron chi connectivity index (χ3n) is 3.73. The van der Waals surface area contributed by atoms with E-state index in [0.717, 1.165) is 4.31 Å². The molecule has 2 aromatic rings. The van der Waals surface area contributed by atoms with Crippen LogP contribution in [0.4, 0.5) is 5.69 Å². The number of carbonyl (C=O) groups excluding carboxylic acids is 1. The highest BCUT2D eigenvalue weighted by molar-refractivity contribution is 7.89. The number of likely N-dealkylation sites (N-methyl/N-ethyl adjacent to an activating group) is 1. The number of ether oxygens (including phenoxy) is 2. The summed E-state index contributed by atoms with van der Waals surface area (Å²) in [6, 6.07) is 11.0. The lowest BCUT2D eigenvalue weighted by atomic mass is 10.3. The van der Waals surface area contributed by atoms with Gasteiger partial charge in [0.25, 0.3) is 0 Å². The van der Waals surface area contributed by atoms with Crippen molar-refractivity contribution in [3.05, 3.63) is 47.5 Å². The Morgan fingerprint density at radius 1 is 1.07 bits per heavy atom. The highest BCUT2D eigenvalue weighted by Gasteiger charge is 2.24. The minimum atomic E-state index is -3.88. The lowest BCUT2D eigenvalue weighted by Gasteiger charge is -2.17. The largest absolute Gasteiger partial charge is 0.494 e. The zero-order chi connectivity index (χ0) is 20.7. The SMILES string of the molecule is CCOc1ccc(NC(=O)CN(C)S(=O)(=O)c2ccc(OCC)c(Cl)c2)cc1. The molecule has 0 heterocycles. The lowest BCUT2D eigenvalue weighted by molar-refractivity contribution is -0.116. The maximum Gasteiger partial charge on any atom is 0.243 e. The topological polar surface area (TPSA) is 84.9 Å². The van der Waals surface area contributed by atoms with Gasteiger partial charge in [0.2, 0.25) is 15.9 Å². The summed E-state index contributed by atoms with van der Waals surface area (Å²) in [7, 11) is -2.55. The van der Waals surface area contributed by atoms with Gasteiger partial charge in [-0.1, -0.05) is 11.6 Å². The van der Waals surface area contributed by atoms with Gasteiger partial charge < -0.3 is 14.8 Å². The van der Waals surface area contributed by atoms with Crippen molar-refractivity contribution in [2.75, 3.05) is 32.1 Å². The summed E-state index contributed by atoms with van der Waals surface area (Å²) in [4.78, 5) is 12.2. The quantitative estimate of drug-likeness (QED) is 0.664. The molecule has 1 N–H and O–H groups in total. The van der Waals surface area contributed by atoms with Gasteiger partial charge in [-0.2, -0.15) is 4.31 Å². The van der Waals surface area contributed by atoms with E-state index in [-0.39, 0.29) is 16.5 Å². The number of carbonyl (C=O) groups is 1. The number of benzene rings is 2. The van der Waals surface area contributed by atoms with Crippen molar-refractivity contribution in [3.8, 4) is 11.5 Å². The van der Waals surface area contributed by atoms with Crippen LogP contribution in [0.2, 0.25) is 5.02 Å². The van der Waals surface area contributed by atoms with Crippen LogP contribution in [0.5, 0.6) is 11.5 Å². The fourth-order valence-corrected chi connectivity index (χ4v) is 3.84. The Hall–Kier alpha value is -2.29. The van der Waals surface area contributed by atoms with Crippen LogP contribution in [0.3, 0.4) is 0 Å².